The fourth-order valence-electron chi connectivity index (χ4n) is 4.47. The second-order valence-corrected chi connectivity index (χ2v) is 8.88. The summed E-state index contributed by atoms with van der Waals surface area (Å²) in [5, 5.41) is 10.5. The Morgan fingerprint density at radius 1 is 1.08 bits per heavy atom. The van der Waals surface area contributed by atoms with Crippen molar-refractivity contribution in [3.63, 3.8) is 0 Å². The minimum Gasteiger partial charge on any atom is -0.496 e. The molecule has 1 aliphatic rings. The highest BCUT2D eigenvalue weighted by molar-refractivity contribution is 5.94. The zero-order valence-electron chi connectivity index (χ0n) is 21.1. The molecule has 9 nitrogen and oxygen atoms in total. The van der Waals surface area contributed by atoms with E-state index in [9.17, 15) is 23.1 Å². The van der Waals surface area contributed by atoms with Gasteiger partial charge in [-0.25, -0.2) is 4.98 Å². The molecule has 0 radical (unpaired) electrons. The van der Waals surface area contributed by atoms with Gasteiger partial charge in [-0.2, -0.15) is 13.2 Å². The Kier molecular flexibility index (Phi) is 7.63. The van der Waals surface area contributed by atoms with Crippen molar-refractivity contribution < 1.29 is 32.5 Å². The van der Waals surface area contributed by atoms with Gasteiger partial charge in [0.05, 0.1) is 43.8 Å². The monoisotopic (exact) mass is 531 g/mol. The zero-order valence-corrected chi connectivity index (χ0v) is 21.1. The molecule has 1 aromatic carbocycles. The van der Waals surface area contributed by atoms with Crippen molar-refractivity contribution in [2.75, 3.05) is 44.5 Å². The highest BCUT2D eigenvalue weighted by Gasteiger charge is 2.36. The maximum atomic E-state index is 13.5. The number of benzene rings is 1. The molecule has 1 aliphatic heterocycles. The van der Waals surface area contributed by atoms with Gasteiger partial charge in [0.2, 0.25) is 0 Å². The summed E-state index contributed by atoms with van der Waals surface area (Å²) in [4.78, 5) is 25.4. The number of hydrogen-bond acceptors (Lipinski definition) is 8. The fourth-order valence-corrected chi connectivity index (χ4v) is 4.47. The van der Waals surface area contributed by atoms with E-state index in [0.717, 1.165) is 12.1 Å². The van der Waals surface area contributed by atoms with E-state index >= 15 is 0 Å². The van der Waals surface area contributed by atoms with E-state index in [-0.39, 0.29) is 18.0 Å². The minimum atomic E-state index is -4.45. The molecule has 1 fully saturated rings. The van der Waals surface area contributed by atoms with Gasteiger partial charge in [-0.1, -0.05) is 12.1 Å². The van der Waals surface area contributed by atoms with Crippen molar-refractivity contribution in [3.05, 3.63) is 60.0 Å². The first-order valence-electron chi connectivity index (χ1n) is 11.8. The molecule has 0 bridgehead atoms. The highest BCUT2D eigenvalue weighted by atomic mass is 19.4. The Morgan fingerprint density at radius 2 is 1.76 bits per heavy atom. The summed E-state index contributed by atoms with van der Waals surface area (Å²) in [7, 11) is 2.93. The molecule has 1 unspecified atom stereocenters. The summed E-state index contributed by atoms with van der Waals surface area (Å²) in [5.41, 5.74) is 6.68. The van der Waals surface area contributed by atoms with Crippen molar-refractivity contribution in [1.82, 2.24) is 14.9 Å². The third kappa shape index (κ3) is 5.44. The Balaban J connectivity index is 1.58. The van der Waals surface area contributed by atoms with E-state index < -0.39 is 29.8 Å². The first kappa shape index (κ1) is 27.0. The van der Waals surface area contributed by atoms with Crippen LogP contribution in [0.3, 0.4) is 0 Å². The maximum absolute atomic E-state index is 13.5. The largest absolute Gasteiger partial charge is 0.496 e. The van der Waals surface area contributed by atoms with Gasteiger partial charge in [-0.3, -0.25) is 9.78 Å². The molecular formula is C26H28F3N5O4. The van der Waals surface area contributed by atoms with Crippen LogP contribution in [0, 0.1) is 0 Å². The number of amides is 1. The number of aliphatic hydroxyl groups is 1. The number of pyridine rings is 2. The third-order valence-electron chi connectivity index (χ3n) is 6.49. The predicted molar refractivity (Wildman–Crippen MR) is 135 cm³/mol. The van der Waals surface area contributed by atoms with Crippen LogP contribution in [-0.4, -0.2) is 71.9 Å². The molecule has 2 atom stereocenters. The Bertz CT molecular complexity index is 1300. The number of piperazine rings is 1. The lowest BCUT2D eigenvalue weighted by Gasteiger charge is -2.43. The number of nitrogens with two attached hydrogens (primary N) is 1. The SMILES string of the molecule is COc1cc(C(=O)N2CCN(c3cnc(N)cc3OC)C[C@@H]2C(C)O)ncc1-c1ccc(C(F)(F)F)cc1. The first-order chi connectivity index (χ1) is 18.0. The molecule has 0 aliphatic carbocycles. The second kappa shape index (κ2) is 10.7. The van der Waals surface area contributed by atoms with Crippen molar-refractivity contribution >= 4 is 17.4 Å². The Morgan fingerprint density at radius 3 is 2.37 bits per heavy atom. The van der Waals surface area contributed by atoms with E-state index in [1.54, 1.807) is 24.1 Å². The summed E-state index contributed by atoms with van der Waals surface area (Å²) in [6.07, 6.45) is -2.32. The highest BCUT2D eigenvalue weighted by Crippen LogP contribution is 2.35. The van der Waals surface area contributed by atoms with Gasteiger partial charge < -0.3 is 30.1 Å². The summed E-state index contributed by atoms with van der Waals surface area (Å²) in [5.74, 6) is 0.723. The van der Waals surface area contributed by atoms with E-state index in [1.807, 2.05) is 4.90 Å². The number of methoxy groups -OCH3 is 2. The van der Waals surface area contributed by atoms with E-state index in [0.29, 0.717) is 41.5 Å². The van der Waals surface area contributed by atoms with Gasteiger partial charge in [0, 0.05) is 43.5 Å². The van der Waals surface area contributed by atoms with E-state index in [1.165, 1.54) is 38.6 Å². The zero-order chi connectivity index (χ0) is 27.6. The van der Waals surface area contributed by atoms with Crippen molar-refractivity contribution in [2.24, 2.45) is 0 Å². The molecule has 4 rings (SSSR count). The van der Waals surface area contributed by atoms with E-state index in [4.69, 9.17) is 15.2 Å². The van der Waals surface area contributed by atoms with Crippen LogP contribution < -0.4 is 20.1 Å². The molecule has 12 heteroatoms. The molecule has 202 valence electrons. The smallest absolute Gasteiger partial charge is 0.416 e. The molecule has 0 saturated carbocycles. The number of ether oxygens (including phenoxy) is 2. The van der Waals surface area contributed by atoms with Crippen LogP contribution in [0.25, 0.3) is 11.1 Å². The van der Waals surface area contributed by atoms with Gasteiger partial charge in [-0.05, 0) is 24.6 Å². The topological polar surface area (TPSA) is 114 Å². The van der Waals surface area contributed by atoms with Crippen LogP contribution in [0.4, 0.5) is 24.7 Å². The summed E-state index contributed by atoms with van der Waals surface area (Å²) < 4.78 is 49.7. The summed E-state index contributed by atoms with van der Waals surface area (Å²) in [6, 6.07) is 7.10. The minimum absolute atomic E-state index is 0.0864. The van der Waals surface area contributed by atoms with Gasteiger partial charge >= 0.3 is 6.18 Å². The number of anilines is 2. The molecule has 1 saturated heterocycles. The molecular weight excluding hydrogens is 503 g/mol. The number of aromatic nitrogens is 2. The molecule has 3 N–H and O–H groups in total. The van der Waals surface area contributed by atoms with Gasteiger partial charge in [-0.15, -0.1) is 0 Å². The van der Waals surface area contributed by atoms with Crippen molar-refractivity contribution in [1.29, 1.82) is 0 Å². The number of carbonyl (C=O) groups is 1. The van der Waals surface area contributed by atoms with E-state index in [2.05, 4.69) is 9.97 Å². The summed E-state index contributed by atoms with van der Waals surface area (Å²) >= 11 is 0. The lowest BCUT2D eigenvalue weighted by Crippen LogP contribution is -2.59. The number of hydrogen-bond donors (Lipinski definition) is 2. The Labute approximate surface area is 217 Å². The van der Waals surface area contributed by atoms with Crippen molar-refractivity contribution in [2.45, 2.75) is 25.2 Å². The molecule has 0 spiro atoms. The predicted octanol–water partition coefficient (Wildman–Crippen LogP) is 3.47. The Hall–Kier alpha value is -4.06. The maximum Gasteiger partial charge on any atom is 0.416 e. The first-order valence-corrected chi connectivity index (χ1v) is 11.8. The number of alkyl halides is 3. The molecule has 1 amide bonds. The number of nitrogens with zero attached hydrogens (tertiary/aromatic N) is 4. The third-order valence-corrected chi connectivity index (χ3v) is 6.49. The average Bonchev–Trinajstić information content (AvgIpc) is 2.91. The van der Waals surface area contributed by atoms with Crippen LogP contribution >= 0.6 is 0 Å². The number of nitrogen functional groups attached to an aromatic ring is 1. The second-order valence-electron chi connectivity index (χ2n) is 8.88. The van der Waals surface area contributed by atoms with Gasteiger partial charge in [0.25, 0.3) is 5.91 Å². The molecule has 3 aromatic rings. The molecule has 3 heterocycles. The van der Waals surface area contributed by atoms with Crippen LogP contribution in [0.1, 0.15) is 23.0 Å². The molecule has 2 aromatic heterocycles. The summed E-state index contributed by atoms with van der Waals surface area (Å²) in [6.45, 7) is 2.64. The standard InChI is InChI=1S/C26H28F3N5O4/c1-15(35)21-14-33(20-13-32-24(30)11-23(20)38-3)8-9-34(21)25(36)19-10-22(37-2)18(12-31-19)16-4-6-17(7-5-16)26(27,28)29/h4-7,10-13,15,21,35H,8-9,14H2,1-3H3,(H2,30,32)/t15?,21-/m1/s1. The van der Waals surface area contributed by atoms with Crippen LogP contribution in [-0.2, 0) is 6.18 Å². The number of halogens is 3. The fraction of sp³-hybridized carbons (Fsp3) is 0.346. The quantitative estimate of drug-likeness (QED) is 0.497. The molecule has 38 heavy (non-hydrogen) atoms. The van der Waals surface area contributed by atoms with Gasteiger partial charge in [0.1, 0.15) is 23.0 Å². The van der Waals surface area contributed by atoms with Crippen LogP contribution in [0.2, 0.25) is 0 Å². The lowest BCUT2D eigenvalue weighted by atomic mass is 10.0. The van der Waals surface area contributed by atoms with Gasteiger partial charge in [0.15, 0.2) is 0 Å². The number of rotatable bonds is 6. The number of carbonyl (C=O) groups excluding carboxylic acids is 1. The van der Waals surface area contributed by atoms with Crippen LogP contribution in [0.15, 0.2) is 48.8 Å². The van der Waals surface area contributed by atoms with Crippen LogP contribution in [0.5, 0.6) is 11.5 Å². The number of aliphatic hydroxyl groups excluding tert-OH is 1. The normalized spacial score (nSPS) is 16.8. The van der Waals surface area contributed by atoms with Crippen molar-refractivity contribution in [3.8, 4) is 22.6 Å². The lowest BCUT2D eigenvalue weighted by molar-refractivity contribution is -0.137. The average molecular weight is 532 g/mol.